The zero-order chi connectivity index (χ0) is 22.8. The van der Waals surface area contributed by atoms with E-state index in [1.165, 1.54) is 37.3 Å². The van der Waals surface area contributed by atoms with Crippen molar-refractivity contribution in [3.05, 3.63) is 88.0 Å². The van der Waals surface area contributed by atoms with Crippen molar-refractivity contribution in [2.24, 2.45) is 0 Å². The van der Waals surface area contributed by atoms with Crippen molar-refractivity contribution < 1.29 is 27.2 Å². The lowest BCUT2D eigenvalue weighted by atomic mass is 10.1. The number of nitrogens with zero attached hydrogens (tertiary/aromatic N) is 1. The first-order valence-corrected chi connectivity index (χ1v) is 9.15. The first kappa shape index (κ1) is 22.2. The molecule has 0 fully saturated rings. The summed E-state index contributed by atoms with van der Waals surface area (Å²) in [7, 11) is 0. The fraction of sp³-hybridized carbons (Fsp3) is 0.0952. The number of aromatic nitrogens is 1. The SMILES string of the molecule is Cc1nc(C(F)(F)F)ccc1C(=O)Nc1ccc(Cl)c(NC(=O)c2ccc(F)cc2)c1. The van der Waals surface area contributed by atoms with E-state index in [1.54, 1.807) is 0 Å². The number of carbonyl (C=O) groups excluding carboxylic acids is 2. The van der Waals surface area contributed by atoms with Crippen molar-refractivity contribution >= 4 is 34.8 Å². The van der Waals surface area contributed by atoms with Gasteiger partial charge in [-0.2, -0.15) is 13.2 Å². The highest BCUT2D eigenvalue weighted by Crippen LogP contribution is 2.29. The van der Waals surface area contributed by atoms with Gasteiger partial charge in [0.1, 0.15) is 11.5 Å². The molecular formula is C21H14ClF4N3O2. The molecule has 0 atom stereocenters. The zero-order valence-electron chi connectivity index (χ0n) is 15.8. The van der Waals surface area contributed by atoms with Crippen molar-refractivity contribution in [2.45, 2.75) is 13.1 Å². The van der Waals surface area contributed by atoms with E-state index in [1.807, 2.05) is 0 Å². The summed E-state index contributed by atoms with van der Waals surface area (Å²) in [6.07, 6.45) is -4.62. The number of anilines is 2. The Morgan fingerprint density at radius 1 is 0.935 bits per heavy atom. The number of benzene rings is 2. The highest BCUT2D eigenvalue weighted by molar-refractivity contribution is 6.34. The van der Waals surface area contributed by atoms with Crippen molar-refractivity contribution in [3.63, 3.8) is 0 Å². The smallest absolute Gasteiger partial charge is 0.322 e. The molecule has 0 saturated carbocycles. The molecule has 0 aliphatic carbocycles. The van der Waals surface area contributed by atoms with Crippen LogP contribution >= 0.6 is 11.6 Å². The first-order valence-electron chi connectivity index (χ1n) is 8.77. The lowest BCUT2D eigenvalue weighted by molar-refractivity contribution is -0.141. The number of pyridine rings is 1. The molecule has 0 spiro atoms. The molecule has 5 nitrogen and oxygen atoms in total. The number of aryl methyl sites for hydroxylation is 1. The number of alkyl halides is 3. The summed E-state index contributed by atoms with van der Waals surface area (Å²) in [5, 5.41) is 5.26. The Hall–Kier alpha value is -3.46. The van der Waals surface area contributed by atoms with Gasteiger partial charge in [0, 0.05) is 11.3 Å². The monoisotopic (exact) mass is 451 g/mol. The summed E-state index contributed by atoms with van der Waals surface area (Å²) in [5.74, 6) is -1.72. The molecule has 3 rings (SSSR count). The molecule has 31 heavy (non-hydrogen) atoms. The van der Waals surface area contributed by atoms with Crippen molar-refractivity contribution in [2.75, 3.05) is 10.6 Å². The summed E-state index contributed by atoms with van der Waals surface area (Å²) in [6.45, 7) is 1.29. The third-order valence-electron chi connectivity index (χ3n) is 4.20. The first-order chi connectivity index (χ1) is 14.5. The fourth-order valence-electron chi connectivity index (χ4n) is 2.65. The molecule has 2 aromatic carbocycles. The van der Waals surface area contributed by atoms with Gasteiger partial charge in [0.15, 0.2) is 0 Å². The van der Waals surface area contributed by atoms with Crippen LogP contribution in [0.5, 0.6) is 0 Å². The average molecular weight is 452 g/mol. The van der Waals surface area contributed by atoms with E-state index in [0.29, 0.717) is 0 Å². The lowest BCUT2D eigenvalue weighted by Crippen LogP contribution is -2.17. The Labute approximate surface area is 179 Å². The standard InChI is InChI=1S/C21H14ClF4N3O2/c1-11-15(7-9-18(27-11)21(24,25)26)20(31)28-14-6-8-16(22)17(10-14)29-19(30)12-2-4-13(23)5-3-12/h2-10H,1H3,(H,28,31)(H,29,30). The number of hydrogen-bond acceptors (Lipinski definition) is 3. The van der Waals surface area contributed by atoms with Gasteiger partial charge in [-0.1, -0.05) is 11.6 Å². The summed E-state index contributed by atoms with van der Waals surface area (Å²) < 4.78 is 51.3. The van der Waals surface area contributed by atoms with E-state index >= 15 is 0 Å². The van der Waals surface area contributed by atoms with Crippen molar-refractivity contribution in [1.82, 2.24) is 4.98 Å². The van der Waals surface area contributed by atoms with Crippen LogP contribution in [0.2, 0.25) is 5.02 Å². The number of halogens is 5. The molecule has 2 N–H and O–H groups in total. The second-order valence-electron chi connectivity index (χ2n) is 6.44. The molecule has 0 radical (unpaired) electrons. The van der Waals surface area contributed by atoms with Gasteiger partial charge in [-0.15, -0.1) is 0 Å². The molecule has 0 bridgehead atoms. The van der Waals surface area contributed by atoms with Crippen molar-refractivity contribution in [3.8, 4) is 0 Å². The molecule has 0 aliphatic heterocycles. The minimum atomic E-state index is -4.62. The zero-order valence-corrected chi connectivity index (χ0v) is 16.6. The fourth-order valence-corrected chi connectivity index (χ4v) is 2.82. The Balaban J connectivity index is 1.78. The molecule has 3 aromatic rings. The van der Waals surface area contributed by atoms with Crippen LogP contribution in [0.15, 0.2) is 54.6 Å². The van der Waals surface area contributed by atoms with E-state index in [9.17, 15) is 27.2 Å². The summed E-state index contributed by atoms with van der Waals surface area (Å²) in [4.78, 5) is 28.2. The predicted octanol–water partition coefficient (Wildman–Crippen LogP) is 5.71. The second-order valence-corrected chi connectivity index (χ2v) is 6.84. The largest absolute Gasteiger partial charge is 0.433 e. The molecule has 0 saturated heterocycles. The average Bonchev–Trinajstić information content (AvgIpc) is 2.70. The number of hydrogen-bond donors (Lipinski definition) is 2. The molecule has 160 valence electrons. The van der Waals surface area contributed by atoms with Crippen LogP contribution < -0.4 is 10.6 Å². The Kier molecular flexibility index (Phi) is 6.26. The van der Waals surface area contributed by atoms with Gasteiger partial charge < -0.3 is 10.6 Å². The summed E-state index contributed by atoms with van der Waals surface area (Å²) >= 11 is 6.09. The van der Waals surface area contributed by atoms with Crippen LogP contribution in [0.1, 0.15) is 32.1 Å². The van der Waals surface area contributed by atoms with Crippen LogP contribution in [-0.2, 0) is 6.18 Å². The molecule has 1 aromatic heterocycles. The van der Waals surface area contributed by atoms with Gasteiger partial charge in [0.05, 0.1) is 22.0 Å². The van der Waals surface area contributed by atoms with Gasteiger partial charge in [-0.05, 0) is 61.5 Å². The third-order valence-corrected chi connectivity index (χ3v) is 4.53. The summed E-state index contributed by atoms with van der Waals surface area (Å²) in [6, 6.07) is 10.9. The highest BCUT2D eigenvalue weighted by Gasteiger charge is 2.33. The van der Waals surface area contributed by atoms with Crippen LogP contribution in [-0.4, -0.2) is 16.8 Å². The Bertz CT molecular complexity index is 1150. The molecule has 1 heterocycles. The van der Waals surface area contributed by atoms with Crippen LogP contribution in [0.3, 0.4) is 0 Å². The number of amides is 2. The quantitative estimate of drug-likeness (QED) is 0.499. The molecule has 0 unspecified atom stereocenters. The van der Waals surface area contributed by atoms with Gasteiger partial charge >= 0.3 is 6.18 Å². The van der Waals surface area contributed by atoms with Crippen LogP contribution in [0, 0.1) is 12.7 Å². The van der Waals surface area contributed by atoms with E-state index in [0.717, 1.165) is 24.3 Å². The summed E-state index contributed by atoms with van der Waals surface area (Å²) in [5.41, 5.74) is -0.623. The minimum absolute atomic E-state index is 0.0418. The third kappa shape index (κ3) is 5.37. The molecule has 10 heteroatoms. The van der Waals surface area contributed by atoms with Crippen molar-refractivity contribution in [1.29, 1.82) is 0 Å². The lowest BCUT2D eigenvalue weighted by Gasteiger charge is -2.12. The van der Waals surface area contributed by atoms with Gasteiger partial charge in [0.2, 0.25) is 0 Å². The van der Waals surface area contributed by atoms with Crippen LogP contribution in [0.25, 0.3) is 0 Å². The number of carbonyl (C=O) groups is 2. The van der Waals surface area contributed by atoms with E-state index in [4.69, 9.17) is 11.6 Å². The van der Waals surface area contributed by atoms with Gasteiger partial charge in [0.25, 0.3) is 11.8 Å². The van der Waals surface area contributed by atoms with Crippen LogP contribution in [0.4, 0.5) is 28.9 Å². The Morgan fingerprint density at radius 3 is 2.23 bits per heavy atom. The number of rotatable bonds is 4. The maximum Gasteiger partial charge on any atom is 0.433 e. The minimum Gasteiger partial charge on any atom is -0.322 e. The van der Waals surface area contributed by atoms with Gasteiger partial charge in [-0.3, -0.25) is 9.59 Å². The second kappa shape index (κ2) is 8.73. The molecule has 2 amide bonds. The van der Waals surface area contributed by atoms with Gasteiger partial charge in [-0.25, -0.2) is 9.37 Å². The Morgan fingerprint density at radius 2 is 1.61 bits per heavy atom. The van der Waals surface area contributed by atoms with E-state index in [-0.39, 0.29) is 33.2 Å². The highest BCUT2D eigenvalue weighted by atomic mass is 35.5. The molecule has 0 aliphatic rings. The van der Waals surface area contributed by atoms with E-state index in [2.05, 4.69) is 15.6 Å². The topological polar surface area (TPSA) is 71.1 Å². The maximum absolute atomic E-state index is 13.0. The molecular weight excluding hydrogens is 438 g/mol. The predicted molar refractivity (Wildman–Crippen MR) is 108 cm³/mol. The normalized spacial score (nSPS) is 11.2. The number of nitrogens with one attached hydrogen (secondary N) is 2. The maximum atomic E-state index is 13.0. The van der Waals surface area contributed by atoms with E-state index < -0.39 is 29.5 Å².